The van der Waals surface area contributed by atoms with E-state index in [9.17, 15) is 4.39 Å². The molecule has 2 N–H and O–H groups in total. The van der Waals surface area contributed by atoms with Gasteiger partial charge in [-0.15, -0.1) is 0 Å². The van der Waals surface area contributed by atoms with E-state index in [2.05, 4.69) is 4.99 Å². The minimum Gasteiger partial charge on any atom is -0.379 e. The molecule has 1 aromatic carbocycles. The van der Waals surface area contributed by atoms with Crippen LogP contribution < -0.4 is 5.73 Å². The minimum absolute atomic E-state index is 0.142. The third kappa shape index (κ3) is 4.02. The van der Waals surface area contributed by atoms with Crippen LogP contribution in [0.15, 0.2) is 23.2 Å². The van der Waals surface area contributed by atoms with Crippen LogP contribution in [-0.2, 0) is 5.75 Å². The quantitative estimate of drug-likeness (QED) is 0.668. The third-order valence-corrected chi connectivity index (χ3v) is 3.00. The molecule has 1 aromatic rings. The second kappa shape index (κ2) is 6.11. The molecule has 0 fully saturated rings. The van der Waals surface area contributed by atoms with Gasteiger partial charge in [0, 0.05) is 22.4 Å². The van der Waals surface area contributed by atoms with Gasteiger partial charge in [0.05, 0.1) is 0 Å². The average Bonchev–Trinajstić information content (AvgIpc) is 2.15. The Hall–Kier alpha value is -0.740. The summed E-state index contributed by atoms with van der Waals surface area (Å²) in [4.78, 5) is 4.14. The third-order valence-electron chi connectivity index (χ3n) is 1.81. The Balaban J connectivity index is 2.68. The lowest BCUT2D eigenvalue weighted by atomic mass is 10.2. The van der Waals surface area contributed by atoms with Gasteiger partial charge in [0.1, 0.15) is 5.82 Å². The normalized spacial score (nSPS) is 12.2. The standard InChI is InChI=1S/C11H14ClFN2S/c1-7(2)15-11(14)16-6-8-9(12)4-3-5-10(8)13/h3-5,7H,6H2,1-2H3,(H2,14,15). The highest BCUT2D eigenvalue weighted by Gasteiger charge is 2.07. The van der Waals surface area contributed by atoms with Crippen LogP contribution >= 0.6 is 23.4 Å². The van der Waals surface area contributed by atoms with Crippen LogP contribution in [0.4, 0.5) is 4.39 Å². The van der Waals surface area contributed by atoms with Crippen molar-refractivity contribution in [2.24, 2.45) is 10.7 Å². The lowest BCUT2D eigenvalue weighted by molar-refractivity contribution is 0.617. The second-order valence-corrected chi connectivity index (χ2v) is 4.95. The molecule has 0 saturated heterocycles. The molecule has 0 aromatic heterocycles. The van der Waals surface area contributed by atoms with Crippen molar-refractivity contribution in [3.63, 3.8) is 0 Å². The fraction of sp³-hybridized carbons (Fsp3) is 0.364. The molecule has 0 aliphatic rings. The Morgan fingerprint density at radius 3 is 2.81 bits per heavy atom. The first-order valence-corrected chi connectivity index (χ1v) is 6.26. The van der Waals surface area contributed by atoms with Crippen LogP contribution in [0, 0.1) is 5.82 Å². The summed E-state index contributed by atoms with van der Waals surface area (Å²) < 4.78 is 13.4. The number of hydrogen-bond donors (Lipinski definition) is 1. The summed E-state index contributed by atoms with van der Waals surface area (Å²) in [7, 11) is 0. The molecule has 0 saturated carbocycles. The van der Waals surface area contributed by atoms with Crippen LogP contribution in [0.5, 0.6) is 0 Å². The number of aliphatic imine (C=N–C) groups is 1. The van der Waals surface area contributed by atoms with Crippen LogP contribution in [0.2, 0.25) is 5.02 Å². The molecule has 1 rings (SSSR count). The maximum atomic E-state index is 13.4. The van der Waals surface area contributed by atoms with Gasteiger partial charge in [-0.2, -0.15) is 0 Å². The molecule has 0 heterocycles. The number of benzene rings is 1. The van der Waals surface area contributed by atoms with E-state index in [1.807, 2.05) is 13.8 Å². The maximum absolute atomic E-state index is 13.4. The Bertz CT molecular complexity index is 373. The smallest absolute Gasteiger partial charge is 0.154 e. The van der Waals surface area contributed by atoms with Crippen molar-refractivity contribution in [3.05, 3.63) is 34.6 Å². The zero-order valence-electron chi connectivity index (χ0n) is 9.21. The predicted octanol–water partition coefficient (Wildman–Crippen LogP) is 3.44. The number of nitrogens with two attached hydrogens (primary N) is 1. The molecule has 0 spiro atoms. The number of thioether (sulfide) groups is 1. The Labute approximate surface area is 104 Å². The van der Waals surface area contributed by atoms with Gasteiger partial charge < -0.3 is 5.73 Å². The van der Waals surface area contributed by atoms with Gasteiger partial charge in [-0.3, -0.25) is 4.99 Å². The highest BCUT2D eigenvalue weighted by Crippen LogP contribution is 2.23. The SMILES string of the molecule is CC(C)N=C(N)SCc1c(F)cccc1Cl. The molecule has 5 heteroatoms. The van der Waals surface area contributed by atoms with E-state index in [1.165, 1.54) is 17.8 Å². The zero-order chi connectivity index (χ0) is 12.1. The van der Waals surface area contributed by atoms with E-state index in [-0.39, 0.29) is 11.9 Å². The van der Waals surface area contributed by atoms with Gasteiger partial charge in [-0.1, -0.05) is 29.4 Å². The molecule has 0 amide bonds. The monoisotopic (exact) mass is 260 g/mol. The van der Waals surface area contributed by atoms with Gasteiger partial charge >= 0.3 is 0 Å². The fourth-order valence-corrected chi connectivity index (χ4v) is 2.29. The summed E-state index contributed by atoms with van der Waals surface area (Å²) in [5.41, 5.74) is 6.14. The lowest BCUT2D eigenvalue weighted by Crippen LogP contribution is -2.10. The summed E-state index contributed by atoms with van der Waals surface area (Å²) in [5, 5.41) is 0.874. The van der Waals surface area contributed by atoms with Gasteiger partial charge in [-0.05, 0) is 26.0 Å². The summed E-state index contributed by atoms with van der Waals surface area (Å²) in [5.74, 6) is 0.0884. The zero-order valence-corrected chi connectivity index (χ0v) is 10.8. The molecule has 0 unspecified atom stereocenters. The van der Waals surface area contributed by atoms with E-state index < -0.39 is 0 Å². The summed E-state index contributed by atoms with van der Waals surface area (Å²) in [6, 6.07) is 4.77. The predicted molar refractivity (Wildman–Crippen MR) is 69.5 cm³/mol. The van der Waals surface area contributed by atoms with E-state index >= 15 is 0 Å². The largest absolute Gasteiger partial charge is 0.379 e. The molecular formula is C11H14ClFN2S. The highest BCUT2D eigenvalue weighted by atomic mass is 35.5. The number of halogens is 2. The second-order valence-electron chi connectivity index (χ2n) is 3.55. The number of amidine groups is 1. The van der Waals surface area contributed by atoms with E-state index in [0.29, 0.717) is 21.5 Å². The number of hydrogen-bond acceptors (Lipinski definition) is 2. The van der Waals surface area contributed by atoms with E-state index in [1.54, 1.807) is 12.1 Å². The highest BCUT2D eigenvalue weighted by molar-refractivity contribution is 8.13. The van der Waals surface area contributed by atoms with E-state index in [4.69, 9.17) is 17.3 Å². The van der Waals surface area contributed by atoms with Crippen molar-refractivity contribution in [2.75, 3.05) is 0 Å². The van der Waals surface area contributed by atoms with Crippen molar-refractivity contribution in [2.45, 2.75) is 25.6 Å². The van der Waals surface area contributed by atoms with Crippen LogP contribution in [-0.4, -0.2) is 11.2 Å². The van der Waals surface area contributed by atoms with Gasteiger partial charge in [0.15, 0.2) is 5.17 Å². The molecule has 0 atom stereocenters. The average molecular weight is 261 g/mol. The minimum atomic E-state index is -0.308. The first-order valence-electron chi connectivity index (χ1n) is 4.89. The Morgan fingerprint density at radius 1 is 1.56 bits per heavy atom. The Kier molecular flexibility index (Phi) is 5.09. The molecule has 0 aliphatic carbocycles. The summed E-state index contributed by atoms with van der Waals surface area (Å²) in [6.07, 6.45) is 0. The van der Waals surface area contributed by atoms with Crippen molar-refractivity contribution < 1.29 is 4.39 Å². The molecule has 0 radical (unpaired) electrons. The lowest BCUT2D eigenvalue weighted by Gasteiger charge is -2.06. The van der Waals surface area contributed by atoms with Gasteiger partial charge in [0.25, 0.3) is 0 Å². The van der Waals surface area contributed by atoms with Gasteiger partial charge in [-0.25, -0.2) is 4.39 Å². The molecule has 0 bridgehead atoms. The summed E-state index contributed by atoms with van der Waals surface area (Å²) in [6.45, 7) is 3.87. The van der Waals surface area contributed by atoms with Crippen LogP contribution in [0.1, 0.15) is 19.4 Å². The molecular weight excluding hydrogens is 247 g/mol. The molecule has 16 heavy (non-hydrogen) atoms. The van der Waals surface area contributed by atoms with Crippen molar-refractivity contribution >= 4 is 28.5 Å². The number of rotatable bonds is 3. The summed E-state index contributed by atoms with van der Waals surface area (Å²) >= 11 is 7.17. The van der Waals surface area contributed by atoms with Crippen LogP contribution in [0.3, 0.4) is 0 Å². The topological polar surface area (TPSA) is 38.4 Å². The van der Waals surface area contributed by atoms with Crippen molar-refractivity contribution in [1.29, 1.82) is 0 Å². The molecule has 88 valence electrons. The molecule has 2 nitrogen and oxygen atoms in total. The first-order chi connectivity index (χ1) is 7.50. The van der Waals surface area contributed by atoms with Crippen molar-refractivity contribution in [1.82, 2.24) is 0 Å². The maximum Gasteiger partial charge on any atom is 0.154 e. The van der Waals surface area contributed by atoms with Crippen molar-refractivity contribution in [3.8, 4) is 0 Å². The number of nitrogens with zero attached hydrogens (tertiary/aromatic N) is 1. The van der Waals surface area contributed by atoms with E-state index in [0.717, 1.165) is 0 Å². The first kappa shape index (κ1) is 13.3. The van der Waals surface area contributed by atoms with Crippen LogP contribution in [0.25, 0.3) is 0 Å². The molecule has 0 aliphatic heterocycles. The fourth-order valence-electron chi connectivity index (χ4n) is 1.11. The van der Waals surface area contributed by atoms with Gasteiger partial charge in [0.2, 0.25) is 0 Å². The Morgan fingerprint density at radius 2 is 2.25 bits per heavy atom.